The Balaban J connectivity index is 2.04. The van der Waals surface area contributed by atoms with E-state index in [1.807, 2.05) is 19.1 Å². The van der Waals surface area contributed by atoms with Gasteiger partial charge in [-0.25, -0.2) is 4.98 Å². The van der Waals surface area contributed by atoms with E-state index in [1.54, 1.807) is 6.92 Å². The van der Waals surface area contributed by atoms with Crippen molar-refractivity contribution in [3.63, 3.8) is 0 Å². The van der Waals surface area contributed by atoms with Crippen molar-refractivity contribution in [3.05, 3.63) is 45.4 Å². The minimum atomic E-state index is 0.0894. The molecule has 0 spiro atoms. The Labute approximate surface area is 111 Å². The summed E-state index contributed by atoms with van der Waals surface area (Å²) in [4.78, 5) is 16.5. The van der Waals surface area contributed by atoms with Crippen LogP contribution in [0.15, 0.2) is 24.3 Å². The third-order valence-electron chi connectivity index (χ3n) is 2.66. The number of anilines is 1. The molecule has 2 rings (SSSR count). The topological polar surface area (TPSA) is 42.0 Å². The van der Waals surface area contributed by atoms with Crippen LogP contribution < -0.4 is 5.32 Å². The molecule has 0 saturated heterocycles. The third-order valence-corrected chi connectivity index (χ3v) is 3.91. The van der Waals surface area contributed by atoms with Crippen LogP contribution in [0.4, 0.5) is 5.69 Å². The lowest BCUT2D eigenvalue weighted by Gasteiger charge is -2.03. The summed E-state index contributed by atoms with van der Waals surface area (Å²) in [6.07, 6.45) is 0. The van der Waals surface area contributed by atoms with E-state index in [9.17, 15) is 4.79 Å². The highest BCUT2D eigenvalue weighted by atomic mass is 32.1. The molecular weight excluding hydrogens is 244 g/mol. The van der Waals surface area contributed by atoms with Gasteiger partial charge < -0.3 is 5.32 Å². The van der Waals surface area contributed by atoms with Crippen molar-refractivity contribution in [2.24, 2.45) is 0 Å². The van der Waals surface area contributed by atoms with Crippen LogP contribution >= 0.6 is 11.3 Å². The van der Waals surface area contributed by atoms with E-state index in [1.165, 1.54) is 16.9 Å². The maximum absolute atomic E-state index is 11.3. The number of benzene rings is 1. The van der Waals surface area contributed by atoms with E-state index in [-0.39, 0.29) is 5.78 Å². The molecule has 0 amide bonds. The fourth-order valence-electron chi connectivity index (χ4n) is 1.70. The van der Waals surface area contributed by atoms with Gasteiger partial charge in [0.2, 0.25) is 0 Å². The number of rotatable bonds is 4. The molecule has 0 aliphatic carbocycles. The molecular formula is C14H16N2OS. The summed E-state index contributed by atoms with van der Waals surface area (Å²) in [6, 6.07) is 8.22. The quantitative estimate of drug-likeness (QED) is 0.854. The summed E-state index contributed by atoms with van der Waals surface area (Å²) in [6.45, 7) is 6.18. The number of aromatic nitrogens is 1. The van der Waals surface area contributed by atoms with Crippen molar-refractivity contribution < 1.29 is 4.79 Å². The zero-order valence-corrected chi connectivity index (χ0v) is 11.6. The molecule has 0 aliphatic rings. The number of nitrogens with one attached hydrogen (secondary N) is 1. The molecule has 0 aliphatic heterocycles. The average molecular weight is 260 g/mol. The van der Waals surface area contributed by atoms with Crippen LogP contribution in [0.25, 0.3) is 0 Å². The van der Waals surface area contributed by atoms with Crippen molar-refractivity contribution in [2.45, 2.75) is 27.3 Å². The molecule has 0 fully saturated rings. The highest BCUT2D eigenvalue weighted by molar-refractivity contribution is 7.13. The highest BCUT2D eigenvalue weighted by Crippen LogP contribution is 2.19. The Morgan fingerprint density at radius 3 is 2.50 bits per heavy atom. The first-order chi connectivity index (χ1) is 8.56. The van der Waals surface area contributed by atoms with Gasteiger partial charge in [0, 0.05) is 12.6 Å². The minimum Gasteiger partial charge on any atom is -0.379 e. The molecule has 2 aromatic rings. The summed E-state index contributed by atoms with van der Waals surface area (Å²) < 4.78 is 0. The van der Waals surface area contributed by atoms with Crippen molar-refractivity contribution in [2.75, 3.05) is 5.32 Å². The van der Waals surface area contributed by atoms with Crippen molar-refractivity contribution in [1.82, 2.24) is 4.98 Å². The Morgan fingerprint density at radius 2 is 1.94 bits per heavy atom. The van der Waals surface area contributed by atoms with E-state index in [0.717, 1.165) is 21.3 Å². The first-order valence-corrected chi connectivity index (χ1v) is 6.65. The number of aryl methyl sites for hydroxylation is 2. The summed E-state index contributed by atoms with van der Waals surface area (Å²) in [7, 11) is 0. The summed E-state index contributed by atoms with van der Waals surface area (Å²) in [5, 5.41) is 4.25. The van der Waals surface area contributed by atoms with Crippen LogP contribution in [-0.2, 0) is 6.54 Å². The molecule has 1 aromatic carbocycles. The van der Waals surface area contributed by atoms with Crippen molar-refractivity contribution in [3.8, 4) is 0 Å². The SMILES string of the molecule is CC(=O)c1sc(CNc2ccc(C)cc2)nc1C. The smallest absolute Gasteiger partial charge is 0.171 e. The lowest BCUT2D eigenvalue weighted by molar-refractivity contribution is 0.102. The van der Waals surface area contributed by atoms with E-state index >= 15 is 0 Å². The molecule has 94 valence electrons. The molecule has 1 heterocycles. The Kier molecular flexibility index (Phi) is 3.77. The predicted molar refractivity (Wildman–Crippen MR) is 75.4 cm³/mol. The number of Topliss-reactive ketones (excluding diaryl/α,β-unsaturated/α-hetero) is 1. The van der Waals surface area contributed by atoms with Crippen LogP contribution in [-0.4, -0.2) is 10.8 Å². The van der Waals surface area contributed by atoms with Gasteiger partial charge in [0.15, 0.2) is 5.78 Å². The monoisotopic (exact) mass is 260 g/mol. The molecule has 18 heavy (non-hydrogen) atoms. The standard InChI is InChI=1S/C14H16N2OS/c1-9-4-6-12(7-5-9)15-8-13-16-10(2)14(18-13)11(3)17/h4-7,15H,8H2,1-3H3. The zero-order valence-electron chi connectivity index (χ0n) is 10.8. The van der Waals surface area contributed by atoms with Crippen molar-refractivity contribution in [1.29, 1.82) is 0 Å². The van der Waals surface area contributed by atoms with E-state index in [4.69, 9.17) is 0 Å². The molecule has 1 aromatic heterocycles. The van der Waals surface area contributed by atoms with Gasteiger partial charge in [-0.2, -0.15) is 0 Å². The number of carbonyl (C=O) groups excluding carboxylic acids is 1. The van der Waals surface area contributed by atoms with Crippen molar-refractivity contribution >= 4 is 22.8 Å². The fraction of sp³-hybridized carbons (Fsp3) is 0.286. The molecule has 0 bridgehead atoms. The van der Waals surface area contributed by atoms with Crippen LogP contribution in [0.2, 0.25) is 0 Å². The first-order valence-electron chi connectivity index (χ1n) is 5.84. The second-order valence-corrected chi connectivity index (χ2v) is 5.38. The van der Waals surface area contributed by atoms with Gasteiger partial charge in [0.05, 0.1) is 17.1 Å². The van der Waals surface area contributed by atoms with Crippen LogP contribution in [0.1, 0.15) is 32.9 Å². The highest BCUT2D eigenvalue weighted by Gasteiger charge is 2.10. The van der Waals surface area contributed by atoms with Gasteiger partial charge in [-0.05, 0) is 26.0 Å². The number of carbonyl (C=O) groups is 1. The van der Waals surface area contributed by atoms with Crippen LogP contribution in [0.3, 0.4) is 0 Å². The number of hydrogen-bond acceptors (Lipinski definition) is 4. The number of ketones is 1. The Morgan fingerprint density at radius 1 is 1.28 bits per heavy atom. The Hall–Kier alpha value is -1.68. The molecule has 4 heteroatoms. The number of nitrogens with zero attached hydrogens (tertiary/aromatic N) is 1. The van der Waals surface area contributed by atoms with Gasteiger partial charge in [0.1, 0.15) is 5.01 Å². The number of thiazole rings is 1. The third kappa shape index (κ3) is 2.96. The van der Waals surface area contributed by atoms with Crippen LogP contribution in [0.5, 0.6) is 0 Å². The summed E-state index contributed by atoms with van der Waals surface area (Å²) in [5.74, 6) is 0.0894. The zero-order chi connectivity index (χ0) is 13.1. The van der Waals surface area contributed by atoms with Gasteiger partial charge in [-0.1, -0.05) is 17.7 Å². The molecule has 1 N–H and O–H groups in total. The Bertz CT molecular complexity index is 558. The molecule has 3 nitrogen and oxygen atoms in total. The maximum Gasteiger partial charge on any atom is 0.171 e. The van der Waals surface area contributed by atoms with Gasteiger partial charge >= 0.3 is 0 Å². The van der Waals surface area contributed by atoms with Gasteiger partial charge in [0.25, 0.3) is 0 Å². The average Bonchev–Trinajstić information content (AvgIpc) is 2.70. The van der Waals surface area contributed by atoms with E-state index in [0.29, 0.717) is 6.54 Å². The molecule has 0 atom stereocenters. The van der Waals surface area contributed by atoms with Gasteiger partial charge in [-0.3, -0.25) is 4.79 Å². The molecule has 0 radical (unpaired) electrons. The number of hydrogen-bond donors (Lipinski definition) is 1. The lowest BCUT2D eigenvalue weighted by atomic mass is 10.2. The lowest BCUT2D eigenvalue weighted by Crippen LogP contribution is -1.98. The van der Waals surface area contributed by atoms with E-state index < -0.39 is 0 Å². The van der Waals surface area contributed by atoms with E-state index in [2.05, 4.69) is 29.4 Å². The minimum absolute atomic E-state index is 0.0894. The normalized spacial score (nSPS) is 10.4. The largest absolute Gasteiger partial charge is 0.379 e. The van der Waals surface area contributed by atoms with Crippen LogP contribution in [0, 0.1) is 13.8 Å². The summed E-state index contributed by atoms with van der Waals surface area (Å²) in [5.41, 5.74) is 3.13. The molecule has 0 unspecified atom stereocenters. The second kappa shape index (κ2) is 5.31. The van der Waals surface area contributed by atoms with Gasteiger partial charge in [-0.15, -0.1) is 11.3 Å². The maximum atomic E-state index is 11.3. The predicted octanol–water partition coefficient (Wildman–Crippen LogP) is 3.57. The second-order valence-electron chi connectivity index (χ2n) is 4.30. The first kappa shape index (κ1) is 12.8. The summed E-state index contributed by atoms with van der Waals surface area (Å²) >= 11 is 1.47. The fourth-order valence-corrected chi connectivity index (χ4v) is 2.60. The molecule has 0 saturated carbocycles.